The van der Waals surface area contributed by atoms with Gasteiger partial charge in [-0.3, -0.25) is 4.98 Å². The predicted molar refractivity (Wildman–Crippen MR) is 119 cm³/mol. The highest BCUT2D eigenvalue weighted by molar-refractivity contribution is 5.88. The van der Waals surface area contributed by atoms with Crippen molar-refractivity contribution >= 4 is 22.7 Å². The predicted octanol–water partition coefficient (Wildman–Crippen LogP) is 4.02. The second kappa shape index (κ2) is 8.60. The van der Waals surface area contributed by atoms with Crippen molar-refractivity contribution in [3.05, 3.63) is 72.6 Å². The maximum atomic E-state index is 11.1. The highest BCUT2D eigenvalue weighted by atomic mass is 16.5. The third kappa shape index (κ3) is 4.08. The molecule has 1 aliphatic heterocycles. The Balaban J connectivity index is 1.48. The van der Waals surface area contributed by atoms with Gasteiger partial charge in [0.15, 0.2) is 5.52 Å². The Morgan fingerprint density at radius 3 is 2.41 bits per heavy atom. The summed E-state index contributed by atoms with van der Waals surface area (Å²) in [7, 11) is 0. The molecule has 0 aliphatic carbocycles. The Morgan fingerprint density at radius 2 is 1.69 bits per heavy atom. The second-order valence-corrected chi connectivity index (χ2v) is 7.31. The molecule has 0 spiro atoms. The number of pyridine rings is 1. The maximum absolute atomic E-state index is 11.1. The number of nitrogens with zero attached hydrogens (tertiary/aromatic N) is 4. The minimum Gasteiger partial charge on any atom is -0.478 e. The molecule has 0 bridgehead atoms. The van der Waals surface area contributed by atoms with Crippen molar-refractivity contribution in [3.8, 4) is 22.9 Å². The number of benzene rings is 2. The Labute approximate surface area is 184 Å². The molecule has 32 heavy (non-hydrogen) atoms. The molecule has 2 aromatic heterocycles. The van der Waals surface area contributed by atoms with E-state index in [0.29, 0.717) is 28.4 Å². The molecule has 8 heteroatoms. The van der Waals surface area contributed by atoms with Crippen LogP contribution in [0.5, 0.6) is 11.6 Å². The molecule has 8 nitrogen and oxygen atoms in total. The molecule has 0 amide bonds. The van der Waals surface area contributed by atoms with Gasteiger partial charge in [0.1, 0.15) is 5.75 Å². The van der Waals surface area contributed by atoms with Crippen molar-refractivity contribution in [2.45, 2.75) is 0 Å². The number of aromatic nitrogens is 3. The number of hydrogen-bond donors (Lipinski definition) is 1. The van der Waals surface area contributed by atoms with Gasteiger partial charge in [0, 0.05) is 36.7 Å². The number of carbonyl (C=O) groups is 1. The van der Waals surface area contributed by atoms with Gasteiger partial charge in [-0.1, -0.05) is 12.1 Å². The topological polar surface area (TPSA) is 97.7 Å². The lowest BCUT2D eigenvalue weighted by Gasteiger charge is -2.28. The van der Waals surface area contributed by atoms with E-state index in [2.05, 4.69) is 27.0 Å². The summed E-state index contributed by atoms with van der Waals surface area (Å²) in [4.78, 5) is 26.9. The van der Waals surface area contributed by atoms with E-state index in [9.17, 15) is 4.79 Å². The molecule has 1 aliphatic rings. The van der Waals surface area contributed by atoms with E-state index < -0.39 is 5.97 Å². The quantitative estimate of drug-likeness (QED) is 0.509. The van der Waals surface area contributed by atoms with Gasteiger partial charge in [0.2, 0.25) is 5.88 Å². The molecule has 1 fully saturated rings. The lowest BCUT2D eigenvalue weighted by molar-refractivity contribution is 0.0697. The molecular formula is C24H20N4O4. The van der Waals surface area contributed by atoms with Crippen molar-refractivity contribution in [1.82, 2.24) is 15.0 Å². The molecule has 0 radical (unpaired) electrons. The van der Waals surface area contributed by atoms with E-state index in [-0.39, 0.29) is 5.56 Å². The average Bonchev–Trinajstić information content (AvgIpc) is 2.85. The number of fused-ring (bicyclic) bond motifs is 1. The van der Waals surface area contributed by atoms with Gasteiger partial charge in [-0.2, -0.15) is 0 Å². The third-order valence-corrected chi connectivity index (χ3v) is 5.28. The van der Waals surface area contributed by atoms with Crippen LogP contribution in [0.2, 0.25) is 0 Å². The zero-order valence-corrected chi connectivity index (χ0v) is 17.1. The molecule has 0 saturated carbocycles. The number of hydrogen-bond acceptors (Lipinski definition) is 7. The fourth-order valence-electron chi connectivity index (χ4n) is 3.60. The fourth-order valence-corrected chi connectivity index (χ4v) is 3.60. The SMILES string of the molecule is O=C(O)c1ccc(Oc2nc(-c3ccc(N4CCOCC4)cc3)cc3nccnc23)cc1. The summed E-state index contributed by atoms with van der Waals surface area (Å²) in [6.07, 6.45) is 3.21. The Hall–Kier alpha value is -4.04. The standard InChI is InChI=1S/C24H20N4O4/c29-24(30)17-3-7-19(8-4-17)32-23-22-21(25-9-10-26-22)15-20(27-23)16-1-5-18(6-2-16)28-11-13-31-14-12-28/h1-10,15H,11-14H2,(H,29,30). The summed E-state index contributed by atoms with van der Waals surface area (Å²) in [5, 5.41) is 9.09. The van der Waals surface area contributed by atoms with Gasteiger partial charge < -0.3 is 19.5 Å². The zero-order chi connectivity index (χ0) is 21.9. The van der Waals surface area contributed by atoms with Crippen LogP contribution in [0.1, 0.15) is 10.4 Å². The van der Waals surface area contributed by atoms with Gasteiger partial charge in [-0.25, -0.2) is 14.8 Å². The average molecular weight is 428 g/mol. The summed E-state index contributed by atoms with van der Waals surface area (Å²) >= 11 is 0. The number of anilines is 1. The first-order valence-corrected chi connectivity index (χ1v) is 10.2. The number of carboxylic acid groups (broad SMARTS) is 1. The number of ether oxygens (including phenoxy) is 2. The van der Waals surface area contributed by atoms with E-state index in [1.807, 2.05) is 18.2 Å². The lowest BCUT2D eigenvalue weighted by atomic mass is 10.1. The van der Waals surface area contributed by atoms with Gasteiger partial charge in [0.25, 0.3) is 0 Å². The fraction of sp³-hybridized carbons (Fsp3) is 0.167. The van der Waals surface area contributed by atoms with Crippen molar-refractivity contribution in [2.75, 3.05) is 31.2 Å². The van der Waals surface area contributed by atoms with Crippen molar-refractivity contribution in [2.24, 2.45) is 0 Å². The summed E-state index contributed by atoms with van der Waals surface area (Å²) in [6.45, 7) is 3.23. The molecule has 4 aromatic rings. The van der Waals surface area contributed by atoms with Gasteiger partial charge in [-0.15, -0.1) is 0 Å². The minimum absolute atomic E-state index is 0.184. The second-order valence-electron chi connectivity index (χ2n) is 7.31. The van der Waals surface area contributed by atoms with Crippen molar-refractivity contribution in [1.29, 1.82) is 0 Å². The third-order valence-electron chi connectivity index (χ3n) is 5.28. The van der Waals surface area contributed by atoms with Crippen LogP contribution < -0.4 is 9.64 Å². The van der Waals surface area contributed by atoms with Crippen LogP contribution in [-0.2, 0) is 4.74 Å². The van der Waals surface area contributed by atoms with Crippen molar-refractivity contribution < 1.29 is 19.4 Å². The van der Waals surface area contributed by atoms with Crippen LogP contribution in [0, 0.1) is 0 Å². The van der Waals surface area contributed by atoms with Crippen molar-refractivity contribution in [3.63, 3.8) is 0 Å². The van der Waals surface area contributed by atoms with E-state index in [4.69, 9.17) is 19.6 Å². The summed E-state index contributed by atoms with van der Waals surface area (Å²) in [5.74, 6) is -0.214. The van der Waals surface area contributed by atoms with Crippen LogP contribution in [0.15, 0.2) is 67.0 Å². The number of aromatic carboxylic acids is 1. The molecule has 1 saturated heterocycles. The van der Waals surface area contributed by atoms with E-state index in [0.717, 1.165) is 37.6 Å². The largest absolute Gasteiger partial charge is 0.478 e. The first-order valence-electron chi connectivity index (χ1n) is 10.2. The smallest absolute Gasteiger partial charge is 0.335 e. The van der Waals surface area contributed by atoms with Gasteiger partial charge in [-0.05, 0) is 42.5 Å². The molecule has 160 valence electrons. The minimum atomic E-state index is -0.992. The molecule has 1 N–H and O–H groups in total. The molecule has 3 heterocycles. The van der Waals surface area contributed by atoms with Crippen LogP contribution in [0.4, 0.5) is 5.69 Å². The summed E-state index contributed by atoms with van der Waals surface area (Å²) in [5.41, 5.74) is 4.16. The first-order chi connectivity index (χ1) is 15.7. The Morgan fingerprint density at radius 1 is 0.969 bits per heavy atom. The number of carboxylic acids is 1. The van der Waals surface area contributed by atoms with Crippen LogP contribution in [-0.4, -0.2) is 52.3 Å². The van der Waals surface area contributed by atoms with Gasteiger partial charge >= 0.3 is 5.97 Å². The normalized spacial score (nSPS) is 13.8. The Bertz CT molecular complexity index is 1250. The van der Waals surface area contributed by atoms with E-state index >= 15 is 0 Å². The number of morpholine rings is 1. The van der Waals surface area contributed by atoms with Crippen LogP contribution >= 0.6 is 0 Å². The molecule has 0 atom stereocenters. The molecule has 0 unspecified atom stereocenters. The lowest BCUT2D eigenvalue weighted by Crippen LogP contribution is -2.36. The zero-order valence-electron chi connectivity index (χ0n) is 17.1. The molecular weight excluding hydrogens is 408 g/mol. The molecule has 5 rings (SSSR count). The van der Waals surface area contributed by atoms with Gasteiger partial charge in [0.05, 0.1) is 30.0 Å². The first kappa shape index (κ1) is 19.9. The molecule has 2 aromatic carbocycles. The Kier molecular flexibility index (Phi) is 5.35. The maximum Gasteiger partial charge on any atom is 0.335 e. The monoisotopic (exact) mass is 428 g/mol. The highest BCUT2D eigenvalue weighted by Crippen LogP contribution is 2.31. The van der Waals surface area contributed by atoms with E-state index in [1.54, 1.807) is 24.5 Å². The van der Waals surface area contributed by atoms with E-state index in [1.165, 1.54) is 12.1 Å². The van der Waals surface area contributed by atoms with Crippen LogP contribution in [0.3, 0.4) is 0 Å². The summed E-state index contributed by atoms with van der Waals surface area (Å²) < 4.78 is 11.4. The van der Waals surface area contributed by atoms with Crippen LogP contribution in [0.25, 0.3) is 22.3 Å². The summed E-state index contributed by atoms with van der Waals surface area (Å²) in [6, 6.07) is 16.3. The number of rotatable bonds is 5. The highest BCUT2D eigenvalue weighted by Gasteiger charge is 2.14.